The molecule has 0 aliphatic carbocycles. The first-order valence-electron chi connectivity index (χ1n) is 12.7. The van der Waals surface area contributed by atoms with Crippen LogP contribution in [-0.2, 0) is 19.1 Å². The number of amides is 3. The lowest BCUT2D eigenvalue weighted by molar-refractivity contribution is -0.192. The first-order chi connectivity index (χ1) is 17.3. The Bertz CT molecular complexity index is 755. The van der Waals surface area contributed by atoms with Crippen LogP contribution in [0.3, 0.4) is 0 Å². The number of carbonyl (C=O) groups is 4. The summed E-state index contributed by atoms with van der Waals surface area (Å²) in [5, 5.41) is 10.4. The van der Waals surface area contributed by atoms with E-state index in [1.54, 1.807) is 28.8 Å². The van der Waals surface area contributed by atoms with Crippen molar-refractivity contribution in [2.45, 2.75) is 71.1 Å². The fourth-order valence-corrected chi connectivity index (χ4v) is 3.59. The van der Waals surface area contributed by atoms with E-state index in [2.05, 4.69) is 5.32 Å². The number of piperidine rings is 2. The number of aliphatic carboxylic acids is 1. The van der Waals surface area contributed by atoms with Gasteiger partial charge in [0, 0.05) is 54.1 Å². The van der Waals surface area contributed by atoms with E-state index < -0.39 is 17.7 Å². The summed E-state index contributed by atoms with van der Waals surface area (Å²) in [5.41, 5.74) is -0.450. The van der Waals surface area contributed by atoms with Gasteiger partial charge in [-0.3, -0.25) is 9.59 Å². The zero-order valence-corrected chi connectivity index (χ0v) is 23.7. The quantitative estimate of drug-likeness (QED) is 0.548. The highest BCUT2D eigenvalue weighted by Crippen LogP contribution is 2.22. The van der Waals surface area contributed by atoms with Crippen LogP contribution in [-0.4, -0.2) is 110 Å². The largest absolute Gasteiger partial charge is 0.490 e. The minimum absolute atomic E-state index is 0.163. The lowest BCUT2D eigenvalue weighted by Crippen LogP contribution is -2.42. The molecule has 0 spiro atoms. The molecule has 2 aliphatic rings. The molecule has 0 saturated carbocycles. The summed E-state index contributed by atoms with van der Waals surface area (Å²) >= 11 is 0. The smallest absolute Gasteiger partial charge is 0.475 e. The number of halogens is 3. The molecule has 13 heteroatoms. The van der Waals surface area contributed by atoms with E-state index in [9.17, 15) is 27.6 Å². The third kappa shape index (κ3) is 16.3. The van der Waals surface area contributed by atoms with Crippen molar-refractivity contribution in [1.29, 1.82) is 0 Å². The molecule has 2 N–H and O–H groups in total. The second-order valence-corrected chi connectivity index (χ2v) is 10.9. The molecule has 2 saturated heterocycles. The van der Waals surface area contributed by atoms with Gasteiger partial charge in [0.1, 0.15) is 5.60 Å². The summed E-state index contributed by atoms with van der Waals surface area (Å²) in [5.74, 6) is -1.33. The molecule has 222 valence electrons. The molecule has 0 aromatic heterocycles. The number of rotatable bonds is 4. The maximum Gasteiger partial charge on any atom is 0.490 e. The van der Waals surface area contributed by atoms with Gasteiger partial charge >= 0.3 is 18.2 Å². The van der Waals surface area contributed by atoms with E-state index in [0.717, 1.165) is 45.2 Å². The van der Waals surface area contributed by atoms with Crippen LogP contribution in [0.1, 0.15) is 59.3 Å². The highest BCUT2D eigenvalue weighted by molar-refractivity contribution is 5.76. The molecule has 0 aromatic rings. The number of nitrogens with zero attached hydrogens (tertiary/aromatic N) is 3. The van der Waals surface area contributed by atoms with Crippen molar-refractivity contribution in [3.05, 3.63) is 0 Å². The van der Waals surface area contributed by atoms with Crippen LogP contribution in [0.2, 0.25) is 0 Å². The Morgan fingerprint density at radius 2 is 1.21 bits per heavy atom. The topological polar surface area (TPSA) is 119 Å². The van der Waals surface area contributed by atoms with Gasteiger partial charge in [0.2, 0.25) is 11.8 Å². The first-order valence-corrected chi connectivity index (χ1v) is 12.7. The Morgan fingerprint density at radius 1 is 0.842 bits per heavy atom. The summed E-state index contributed by atoms with van der Waals surface area (Å²) < 4.78 is 37.1. The van der Waals surface area contributed by atoms with Gasteiger partial charge in [-0.05, 0) is 71.4 Å². The van der Waals surface area contributed by atoms with Crippen molar-refractivity contribution in [1.82, 2.24) is 20.0 Å². The van der Waals surface area contributed by atoms with Gasteiger partial charge in [-0.15, -0.1) is 0 Å². The average molecular weight is 555 g/mol. The summed E-state index contributed by atoms with van der Waals surface area (Å²) in [7, 11) is 7.20. The Labute approximate surface area is 223 Å². The van der Waals surface area contributed by atoms with Crippen LogP contribution in [0.15, 0.2) is 0 Å². The van der Waals surface area contributed by atoms with E-state index in [0.29, 0.717) is 31.3 Å². The fourth-order valence-electron chi connectivity index (χ4n) is 3.59. The van der Waals surface area contributed by atoms with Crippen molar-refractivity contribution >= 4 is 23.9 Å². The summed E-state index contributed by atoms with van der Waals surface area (Å²) in [6.07, 6.45) is 0.0329. The number of carboxylic acids is 1. The second-order valence-electron chi connectivity index (χ2n) is 10.9. The van der Waals surface area contributed by atoms with E-state index in [-0.39, 0.29) is 17.9 Å². The van der Waals surface area contributed by atoms with E-state index >= 15 is 0 Å². The van der Waals surface area contributed by atoms with Crippen LogP contribution < -0.4 is 5.32 Å². The predicted molar refractivity (Wildman–Crippen MR) is 136 cm³/mol. The molecular weight excluding hydrogens is 509 g/mol. The fraction of sp³-hybridized carbons (Fsp3) is 0.840. The molecule has 0 unspecified atom stereocenters. The zero-order chi connectivity index (χ0) is 29.7. The van der Waals surface area contributed by atoms with Gasteiger partial charge in [-0.2, -0.15) is 13.2 Å². The van der Waals surface area contributed by atoms with E-state index in [1.165, 1.54) is 0 Å². The molecule has 2 heterocycles. The van der Waals surface area contributed by atoms with E-state index in [1.807, 2.05) is 34.9 Å². The van der Waals surface area contributed by atoms with Crippen molar-refractivity contribution in [3.63, 3.8) is 0 Å². The van der Waals surface area contributed by atoms with Crippen LogP contribution in [0.25, 0.3) is 0 Å². The standard InChI is InChI=1S/C14H26N2O3.C9H18N2O.C2HF3O2/c1-14(2,3)19-13(18)16-8-6-11(7-9-16)10-12(17)15(4)5;1-11(2)9(12)7-8-3-5-10-6-4-8;3-2(4,5)1(6)7/h11H,6-10H2,1-5H3;8,10H,3-7H2,1-2H3;(H,6,7). The van der Waals surface area contributed by atoms with Crippen LogP contribution in [0.4, 0.5) is 18.0 Å². The molecule has 0 atom stereocenters. The van der Waals surface area contributed by atoms with E-state index in [4.69, 9.17) is 14.6 Å². The number of alkyl halides is 3. The average Bonchev–Trinajstić information content (AvgIpc) is 2.79. The molecule has 0 radical (unpaired) electrons. The Balaban J connectivity index is 0.000000612. The maximum absolute atomic E-state index is 11.9. The minimum Gasteiger partial charge on any atom is -0.475 e. The van der Waals surface area contributed by atoms with Crippen molar-refractivity contribution in [2.75, 3.05) is 54.4 Å². The number of hydrogen-bond donors (Lipinski definition) is 2. The van der Waals surface area contributed by atoms with Crippen molar-refractivity contribution in [2.24, 2.45) is 11.8 Å². The maximum atomic E-state index is 11.9. The second kappa shape index (κ2) is 16.4. The normalized spacial score (nSPS) is 16.7. The zero-order valence-electron chi connectivity index (χ0n) is 23.7. The highest BCUT2D eigenvalue weighted by Gasteiger charge is 2.38. The predicted octanol–water partition coefficient (Wildman–Crippen LogP) is 3.21. The molecule has 2 rings (SSSR count). The van der Waals surface area contributed by atoms with Gasteiger partial charge in [0.05, 0.1) is 0 Å². The van der Waals surface area contributed by atoms with Crippen LogP contribution >= 0.6 is 0 Å². The molecule has 10 nitrogen and oxygen atoms in total. The molecule has 2 aliphatic heterocycles. The Kier molecular flexibility index (Phi) is 15.3. The molecule has 3 amide bonds. The lowest BCUT2D eigenvalue weighted by atomic mass is 9.93. The summed E-state index contributed by atoms with van der Waals surface area (Å²) in [4.78, 5) is 48.8. The van der Waals surface area contributed by atoms with Crippen molar-refractivity contribution < 1.29 is 42.2 Å². The number of likely N-dealkylation sites (tertiary alicyclic amines) is 1. The highest BCUT2D eigenvalue weighted by atomic mass is 19.4. The van der Waals surface area contributed by atoms with Crippen molar-refractivity contribution in [3.8, 4) is 0 Å². The molecule has 0 bridgehead atoms. The monoisotopic (exact) mass is 554 g/mol. The number of carbonyl (C=O) groups excluding carboxylic acids is 3. The van der Waals surface area contributed by atoms with Gasteiger partial charge in [-0.25, -0.2) is 9.59 Å². The summed E-state index contributed by atoms with van der Waals surface area (Å²) in [6, 6.07) is 0. The SMILES string of the molecule is CN(C)C(=O)CC1CCN(C(=O)OC(C)(C)C)CC1.CN(C)C(=O)CC1CCNCC1.O=C(O)C(F)(F)F. The molecule has 0 aromatic carbocycles. The molecular formula is C25H45F3N4O6. The van der Waals surface area contributed by atoms with Crippen LogP contribution in [0, 0.1) is 11.8 Å². The number of hydrogen-bond acceptors (Lipinski definition) is 6. The Hall–Kier alpha value is -2.57. The minimum atomic E-state index is -5.08. The number of ether oxygens (including phenoxy) is 1. The molecule has 2 fully saturated rings. The lowest BCUT2D eigenvalue weighted by Gasteiger charge is -2.33. The number of nitrogens with one attached hydrogen (secondary N) is 1. The first kappa shape index (κ1) is 35.4. The van der Waals surface area contributed by atoms with Gasteiger partial charge in [0.15, 0.2) is 0 Å². The Morgan fingerprint density at radius 3 is 1.53 bits per heavy atom. The van der Waals surface area contributed by atoms with Crippen LogP contribution in [0.5, 0.6) is 0 Å². The molecule has 38 heavy (non-hydrogen) atoms. The van der Waals surface area contributed by atoms with Gasteiger partial charge < -0.3 is 29.9 Å². The number of carboxylic acid groups (broad SMARTS) is 1. The van der Waals surface area contributed by atoms with Gasteiger partial charge in [0.25, 0.3) is 0 Å². The third-order valence-electron chi connectivity index (χ3n) is 5.89. The van der Waals surface area contributed by atoms with Gasteiger partial charge in [-0.1, -0.05) is 0 Å². The third-order valence-corrected chi connectivity index (χ3v) is 5.89. The summed E-state index contributed by atoms with van der Waals surface area (Å²) in [6.45, 7) is 9.12.